The normalized spacial score (nSPS) is 15.6. The summed E-state index contributed by atoms with van der Waals surface area (Å²) in [6.45, 7) is 5.25. The van der Waals surface area contributed by atoms with Crippen molar-refractivity contribution in [2.45, 2.75) is 26.2 Å². The molecule has 8 rings (SSSR count). The minimum Gasteiger partial charge on any atom is -0.381 e. The number of benzene rings is 2. The number of aryl methyl sites for hydroxylation is 1. The topological polar surface area (TPSA) is 131 Å². The van der Waals surface area contributed by atoms with Crippen LogP contribution in [-0.4, -0.2) is 61.0 Å². The Morgan fingerprint density at radius 1 is 0.981 bits per heavy atom. The molecule has 14 heteroatoms. The van der Waals surface area contributed by atoms with E-state index >= 15 is 4.39 Å². The number of amides is 3. The van der Waals surface area contributed by atoms with Gasteiger partial charge in [-0.3, -0.25) is 19.4 Å². The van der Waals surface area contributed by atoms with E-state index in [1.807, 2.05) is 13.0 Å². The molecule has 1 spiro atoms. The molecule has 0 radical (unpaired) electrons. The average Bonchev–Trinajstić information content (AvgIpc) is 3.36. The van der Waals surface area contributed by atoms with Gasteiger partial charge in [-0.1, -0.05) is 18.2 Å². The molecule has 3 aromatic heterocycles. The Morgan fingerprint density at radius 3 is 2.36 bits per heavy atom. The first-order chi connectivity index (χ1) is 25.6. The zero-order valence-electron chi connectivity index (χ0n) is 28.7. The monoisotopic (exact) mass is 740 g/mol. The van der Waals surface area contributed by atoms with Crippen LogP contribution < -0.4 is 20.9 Å². The molecule has 6 heterocycles. The molecule has 53 heavy (non-hydrogen) atoms. The molecular weight excluding hydrogens is 706 g/mol. The largest absolute Gasteiger partial charge is 0.381 e. The molecule has 3 N–H and O–H groups in total. The molecule has 0 atom stereocenters. The standard InChI is InChI=1S/C38H32F3N5O3S.CH3NO/c1-22-16-27(35(43-17-22)45-20-38(21-45)11-14-49-15-12-38)36(47)44-24-8-6-23(7-9-24)37(48)46-13-10-26-32(41)34(31-28(39)18-42-19-29(31)40)50-33(26)25-4-2-3-5-30(25)46;2-1-3/h2-9,16-19H,10-15,20-21H2,1H3,(H,44,47);1H,(H2,2,3). The fourth-order valence-electron chi connectivity index (χ4n) is 7.20. The van der Waals surface area contributed by atoms with Crippen LogP contribution >= 0.6 is 11.3 Å². The summed E-state index contributed by atoms with van der Waals surface area (Å²) in [6, 6.07) is 15.6. The van der Waals surface area contributed by atoms with Crippen molar-refractivity contribution < 1.29 is 32.3 Å². The number of carbonyl (C=O) groups is 3. The van der Waals surface area contributed by atoms with E-state index in [2.05, 4.69) is 25.9 Å². The highest BCUT2D eigenvalue weighted by Gasteiger charge is 2.45. The fraction of sp³-hybridized carbons (Fsp3) is 0.256. The predicted octanol–water partition coefficient (Wildman–Crippen LogP) is 6.77. The summed E-state index contributed by atoms with van der Waals surface area (Å²) in [7, 11) is 0. The second-order valence-corrected chi connectivity index (χ2v) is 14.3. The van der Waals surface area contributed by atoms with Crippen LogP contribution in [0.3, 0.4) is 0 Å². The lowest BCUT2D eigenvalue weighted by Crippen LogP contribution is -2.59. The lowest BCUT2D eigenvalue weighted by atomic mass is 9.73. The van der Waals surface area contributed by atoms with Crippen LogP contribution in [0.15, 0.2) is 73.2 Å². The van der Waals surface area contributed by atoms with Crippen LogP contribution in [0, 0.1) is 29.8 Å². The number of ether oxygens (including phenoxy) is 1. The molecule has 0 aliphatic carbocycles. The van der Waals surface area contributed by atoms with Crippen molar-refractivity contribution >= 4 is 46.8 Å². The third-order valence-electron chi connectivity index (χ3n) is 9.84. The van der Waals surface area contributed by atoms with Gasteiger partial charge in [-0.15, -0.1) is 11.3 Å². The second kappa shape index (κ2) is 14.8. The lowest BCUT2D eigenvalue weighted by molar-refractivity contribution is -0.106. The maximum absolute atomic E-state index is 15.9. The highest BCUT2D eigenvalue weighted by Crippen LogP contribution is 2.47. The van der Waals surface area contributed by atoms with E-state index in [1.54, 1.807) is 59.6 Å². The number of para-hydroxylation sites is 1. The summed E-state index contributed by atoms with van der Waals surface area (Å²) in [6.07, 6.45) is 5.90. The Bertz CT molecular complexity index is 2180. The molecule has 5 aromatic rings. The van der Waals surface area contributed by atoms with Crippen LogP contribution in [0.4, 0.5) is 30.4 Å². The number of hydrogen-bond donors (Lipinski definition) is 2. The van der Waals surface area contributed by atoms with Crippen molar-refractivity contribution in [1.29, 1.82) is 0 Å². The summed E-state index contributed by atoms with van der Waals surface area (Å²) < 4.78 is 50.6. The van der Waals surface area contributed by atoms with Gasteiger partial charge < -0.3 is 25.6 Å². The van der Waals surface area contributed by atoms with E-state index in [1.165, 1.54) is 0 Å². The van der Waals surface area contributed by atoms with Crippen molar-refractivity contribution in [3.8, 4) is 20.9 Å². The van der Waals surface area contributed by atoms with E-state index in [9.17, 15) is 18.4 Å². The Labute approximate surface area is 307 Å². The molecule has 2 saturated heterocycles. The van der Waals surface area contributed by atoms with E-state index in [0.717, 1.165) is 68.4 Å². The van der Waals surface area contributed by atoms with Gasteiger partial charge in [0.2, 0.25) is 6.41 Å². The van der Waals surface area contributed by atoms with E-state index < -0.39 is 23.0 Å². The maximum atomic E-state index is 15.9. The average molecular weight is 741 g/mol. The molecule has 10 nitrogen and oxygen atoms in total. The molecule has 2 aromatic carbocycles. The minimum atomic E-state index is -0.944. The summed E-state index contributed by atoms with van der Waals surface area (Å²) in [5, 5.41) is 2.96. The van der Waals surface area contributed by atoms with Crippen LogP contribution in [0.2, 0.25) is 0 Å². The second-order valence-electron chi connectivity index (χ2n) is 13.3. The molecular formula is C39H35F3N6O4S. The summed E-state index contributed by atoms with van der Waals surface area (Å²) in [4.78, 5) is 48.4. The van der Waals surface area contributed by atoms with Crippen molar-refractivity contribution in [3.05, 3.63) is 113 Å². The molecule has 3 aliphatic heterocycles. The minimum absolute atomic E-state index is 0.138. The third-order valence-corrected chi connectivity index (χ3v) is 11.1. The number of nitrogens with one attached hydrogen (secondary N) is 1. The number of carbonyl (C=O) groups excluding carboxylic acids is 3. The molecule has 0 bridgehead atoms. The van der Waals surface area contributed by atoms with Crippen molar-refractivity contribution in [2.24, 2.45) is 11.1 Å². The fourth-order valence-corrected chi connectivity index (χ4v) is 8.51. The zero-order chi connectivity index (χ0) is 37.3. The Hall–Kier alpha value is -5.60. The SMILES string of the molecule is Cc1cnc(N2CC3(CCOCC3)C2)c(C(=O)Nc2ccc(C(=O)N3CCc4c(sc(-c5c(F)cncc5F)c4F)-c4ccccc43)cc2)c1.NC=O. The lowest BCUT2D eigenvalue weighted by Gasteiger charge is -2.53. The third kappa shape index (κ3) is 6.87. The molecule has 0 saturated carbocycles. The van der Waals surface area contributed by atoms with Crippen LogP contribution in [0.1, 0.15) is 44.7 Å². The van der Waals surface area contributed by atoms with Gasteiger partial charge in [0, 0.05) is 71.7 Å². The van der Waals surface area contributed by atoms with Gasteiger partial charge in [-0.2, -0.15) is 0 Å². The zero-order valence-corrected chi connectivity index (χ0v) is 29.5. The Morgan fingerprint density at radius 2 is 1.66 bits per heavy atom. The first kappa shape index (κ1) is 35.8. The van der Waals surface area contributed by atoms with Crippen molar-refractivity contribution in [3.63, 3.8) is 0 Å². The number of nitrogens with two attached hydrogens (primary N) is 1. The number of nitrogens with zero attached hydrogens (tertiary/aromatic N) is 4. The van der Waals surface area contributed by atoms with E-state index in [4.69, 9.17) is 9.53 Å². The van der Waals surface area contributed by atoms with Gasteiger partial charge in [0.05, 0.1) is 34.1 Å². The first-order valence-corrected chi connectivity index (χ1v) is 17.8. The predicted molar refractivity (Wildman–Crippen MR) is 197 cm³/mol. The van der Waals surface area contributed by atoms with Gasteiger partial charge in [0.25, 0.3) is 11.8 Å². The van der Waals surface area contributed by atoms with Gasteiger partial charge >= 0.3 is 0 Å². The first-order valence-electron chi connectivity index (χ1n) is 17.0. The smallest absolute Gasteiger partial charge is 0.259 e. The Balaban J connectivity index is 0.00000140. The molecule has 272 valence electrons. The van der Waals surface area contributed by atoms with Crippen LogP contribution in [0.5, 0.6) is 0 Å². The number of fused-ring (bicyclic) bond motifs is 3. The van der Waals surface area contributed by atoms with Crippen molar-refractivity contribution in [2.75, 3.05) is 48.0 Å². The molecule has 0 unspecified atom stereocenters. The molecule has 3 aliphatic rings. The van der Waals surface area contributed by atoms with Crippen molar-refractivity contribution in [1.82, 2.24) is 9.97 Å². The van der Waals surface area contributed by atoms with Crippen LogP contribution in [-0.2, 0) is 16.0 Å². The summed E-state index contributed by atoms with van der Waals surface area (Å²) in [5.41, 5.74) is 7.65. The Kier molecular flexibility index (Phi) is 9.99. The number of halogens is 3. The van der Waals surface area contributed by atoms with Gasteiger partial charge in [0.15, 0.2) is 11.6 Å². The molecule has 3 amide bonds. The number of primary amides is 1. The van der Waals surface area contributed by atoms with E-state index in [-0.39, 0.29) is 41.5 Å². The number of anilines is 3. The van der Waals surface area contributed by atoms with Gasteiger partial charge in [-0.05, 0) is 68.1 Å². The summed E-state index contributed by atoms with van der Waals surface area (Å²) >= 11 is 0.955. The number of rotatable bonds is 5. The number of aromatic nitrogens is 2. The highest BCUT2D eigenvalue weighted by molar-refractivity contribution is 7.19. The quantitative estimate of drug-likeness (QED) is 0.190. The number of pyridine rings is 2. The number of thiophene rings is 1. The van der Waals surface area contributed by atoms with Gasteiger partial charge in [-0.25, -0.2) is 18.2 Å². The number of hydrogen-bond acceptors (Lipinski definition) is 8. The van der Waals surface area contributed by atoms with E-state index in [0.29, 0.717) is 44.3 Å². The summed E-state index contributed by atoms with van der Waals surface area (Å²) in [5.74, 6) is -2.53. The van der Waals surface area contributed by atoms with Gasteiger partial charge in [0.1, 0.15) is 11.6 Å². The van der Waals surface area contributed by atoms with Crippen LogP contribution in [0.25, 0.3) is 20.9 Å². The molecule has 2 fully saturated rings. The maximum Gasteiger partial charge on any atom is 0.259 e. The highest BCUT2D eigenvalue weighted by atomic mass is 32.1.